The van der Waals surface area contributed by atoms with Gasteiger partial charge in [-0.15, -0.1) is 0 Å². The monoisotopic (exact) mass is 525 g/mol. The molecule has 0 aliphatic heterocycles. The second kappa shape index (κ2) is 11.8. The molecule has 0 amide bonds. The molecule has 0 bridgehead atoms. The normalized spacial score (nSPS) is 26.9. The Labute approximate surface area is 233 Å². The summed E-state index contributed by atoms with van der Waals surface area (Å²) >= 11 is 0. The smallest absolute Gasteiger partial charge is 0.120 e. The lowest BCUT2D eigenvalue weighted by Gasteiger charge is -2.53. The first kappa shape index (κ1) is 26.5. The van der Waals surface area contributed by atoms with Crippen molar-refractivity contribution in [2.45, 2.75) is 88.3 Å². The molecule has 3 aliphatic carbocycles. The van der Waals surface area contributed by atoms with E-state index in [1.165, 1.54) is 48.8 Å². The van der Waals surface area contributed by atoms with Gasteiger partial charge in [0.25, 0.3) is 0 Å². The second-order valence-corrected chi connectivity index (χ2v) is 12.5. The Morgan fingerprint density at radius 1 is 0.897 bits per heavy atom. The first-order valence-electron chi connectivity index (χ1n) is 15.1. The molecule has 1 aromatic heterocycles. The van der Waals surface area contributed by atoms with Crippen LogP contribution < -0.4 is 4.74 Å². The minimum Gasteiger partial charge on any atom is -0.489 e. The summed E-state index contributed by atoms with van der Waals surface area (Å²) in [5.74, 6) is 2.04. The quantitative estimate of drug-likeness (QED) is 0.321. The van der Waals surface area contributed by atoms with Crippen LogP contribution in [-0.4, -0.2) is 28.9 Å². The molecule has 6 rings (SSSR count). The van der Waals surface area contributed by atoms with Gasteiger partial charge in [0, 0.05) is 30.0 Å². The zero-order valence-corrected chi connectivity index (χ0v) is 23.2. The van der Waals surface area contributed by atoms with Crippen molar-refractivity contribution in [3.05, 3.63) is 95.3 Å². The third-order valence-corrected chi connectivity index (χ3v) is 9.76. The minimum absolute atomic E-state index is 0.0341. The molecule has 2 aromatic carbocycles. The molecule has 1 heterocycles. The van der Waals surface area contributed by atoms with Gasteiger partial charge in [0.1, 0.15) is 12.4 Å². The molecule has 0 spiro atoms. The average Bonchev–Trinajstić information content (AvgIpc) is 2.98. The van der Waals surface area contributed by atoms with E-state index in [9.17, 15) is 5.11 Å². The Morgan fingerprint density at radius 3 is 2.56 bits per heavy atom. The standard InChI is InChI=1S/C35H43NO3/c37-34(26-38-24-28-10-5-2-6-11-28)17-18-35(21-27-8-3-1-4-9-27)31(22-34)14-13-30-20-32(15-16-33(30)35)39-25-29-12-7-19-36-23-29/h1,3-4,7-9,12,15-16,19-20,23,28,31,37H,2,5-6,10-11,13-14,17-18,21-22,24-26H2/t31-,34-,35+/m1/s1. The number of benzene rings is 2. The highest BCUT2D eigenvalue weighted by Crippen LogP contribution is 2.54. The third kappa shape index (κ3) is 6.07. The molecule has 206 valence electrons. The van der Waals surface area contributed by atoms with Crippen LogP contribution in [0.4, 0.5) is 0 Å². The Hall–Kier alpha value is -2.69. The molecule has 0 saturated heterocycles. The number of fused-ring (bicyclic) bond motifs is 3. The summed E-state index contributed by atoms with van der Waals surface area (Å²) in [4.78, 5) is 4.21. The first-order valence-corrected chi connectivity index (χ1v) is 15.1. The number of aryl methyl sites for hydroxylation is 1. The molecule has 39 heavy (non-hydrogen) atoms. The van der Waals surface area contributed by atoms with Crippen LogP contribution >= 0.6 is 0 Å². The van der Waals surface area contributed by atoms with Gasteiger partial charge in [0.05, 0.1) is 12.2 Å². The maximum Gasteiger partial charge on any atom is 0.120 e. The molecule has 1 N–H and O–H groups in total. The fourth-order valence-electron chi connectivity index (χ4n) is 7.67. The Kier molecular flexibility index (Phi) is 8.04. The summed E-state index contributed by atoms with van der Waals surface area (Å²) in [5, 5.41) is 11.7. The van der Waals surface area contributed by atoms with E-state index in [4.69, 9.17) is 9.47 Å². The van der Waals surface area contributed by atoms with Crippen LogP contribution in [0.1, 0.15) is 80.0 Å². The maximum absolute atomic E-state index is 11.7. The van der Waals surface area contributed by atoms with E-state index in [0.717, 1.165) is 56.4 Å². The molecule has 3 aromatic rings. The summed E-state index contributed by atoms with van der Waals surface area (Å²) in [6.45, 7) is 1.82. The van der Waals surface area contributed by atoms with Gasteiger partial charge in [-0.05, 0) is 98.1 Å². The van der Waals surface area contributed by atoms with Crippen LogP contribution in [0.3, 0.4) is 0 Å². The fraction of sp³-hybridized carbons (Fsp3) is 0.514. The number of aliphatic hydroxyl groups is 1. The predicted octanol–water partition coefficient (Wildman–Crippen LogP) is 7.22. The number of nitrogens with zero attached hydrogens (tertiary/aromatic N) is 1. The van der Waals surface area contributed by atoms with E-state index < -0.39 is 5.60 Å². The average molecular weight is 526 g/mol. The molecule has 2 fully saturated rings. The number of pyridine rings is 1. The van der Waals surface area contributed by atoms with Gasteiger partial charge in [-0.3, -0.25) is 4.98 Å². The van der Waals surface area contributed by atoms with Crippen LogP contribution in [0.5, 0.6) is 5.75 Å². The zero-order valence-electron chi connectivity index (χ0n) is 23.2. The fourth-order valence-corrected chi connectivity index (χ4v) is 7.67. The van der Waals surface area contributed by atoms with Gasteiger partial charge >= 0.3 is 0 Å². The molecular weight excluding hydrogens is 482 g/mol. The van der Waals surface area contributed by atoms with Gasteiger partial charge in [0.15, 0.2) is 0 Å². The molecule has 0 radical (unpaired) electrons. The highest BCUT2D eigenvalue weighted by atomic mass is 16.5. The van der Waals surface area contributed by atoms with Crippen molar-refractivity contribution in [1.29, 1.82) is 0 Å². The van der Waals surface area contributed by atoms with Crippen molar-refractivity contribution in [3.63, 3.8) is 0 Å². The van der Waals surface area contributed by atoms with Crippen LogP contribution in [0.2, 0.25) is 0 Å². The van der Waals surface area contributed by atoms with E-state index in [0.29, 0.717) is 25.0 Å². The largest absolute Gasteiger partial charge is 0.489 e. The van der Waals surface area contributed by atoms with Crippen LogP contribution in [0, 0.1) is 11.8 Å². The SMILES string of the molecule is O[C@]1(COCC2CCCCC2)CC[C@@]2(Cc3ccccc3)c3ccc(OCc4cccnc4)cc3CC[C@@H]2C1. The lowest BCUT2D eigenvalue weighted by atomic mass is 9.52. The molecule has 4 nitrogen and oxygen atoms in total. The van der Waals surface area contributed by atoms with E-state index in [1.807, 2.05) is 18.3 Å². The Bertz CT molecular complexity index is 1210. The van der Waals surface area contributed by atoms with Crippen molar-refractivity contribution < 1.29 is 14.6 Å². The summed E-state index contributed by atoms with van der Waals surface area (Å²) in [6, 6.07) is 21.7. The summed E-state index contributed by atoms with van der Waals surface area (Å²) in [6.07, 6.45) is 16.0. The van der Waals surface area contributed by atoms with Crippen LogP contribution in [0.15, 0.2) is 73.1 Å². The molecule has 2 saturated carbocycles. The van der Waals surface area contributed by atoms with Gasteiger partial charge < -0.3 is 14.6 Å². The van der Waals surface area contributed by atoms with Crippen molar-refractivity contribution in [2.75, 3.05) is 13.2 Å². The summed E-state index contributed by atoms with van der Waals surface area (Å²) in [7, 11) is 0. The highest BCUT2D eigenvalue weighted by Gasteiger charge is 2.51. The highest BCUT2D eigenvalue weighted by molar-refractivity contribution is 5.45. The van der Waals surface area contributed by atoms with Crippen molar-refractivity contribution in [1.82, 2.24) is 4.98 Å². The van der Waals surface area contributed by atoms with E-state index in [2.05, 4.69) is 53.5 Å². The summed E-state index contributed by atoms with van der Waals surface area (Å²) in [5.41, 5.74) is 4.64. The van der Waals surface area contributed by atoms with Crippen molar-refractivity contribution in [2.24, 2.45) is 11.8 Å². The van der Waals surface area contributed by atoms with Gasteiger partial charge in [0.2, 0.25) is 0 Å². The molecule has 4 heteroatoms. The van der Waals surface area contributed by atoms with E-state index in [-0.39, 0.29) is 5.41 Å². The van der Waals surface area contributed by atoms with E-state index in [1.54, 1.807) is 6.20 Å². The second-order valence-electron chi connectivity index (χ2n) is 12.5. The first-order chi connectivity index (χ1) is 19.1. The number of ether oxygens (including phenoxy) is 2. The van der Waals surface area contributed by atoms with Crippen molar-refractivity contribution >= 4 is 0 Å². The summed E-state index contributed by atoms with van der Waals surface area (Å²) < 4.78 is 12.4. The lowest BCUT2D eigenvalue weighted by Crippen LogP contribution is -2.53. The van der Waals surface area contributed by atoms with Gasteiger partial charge in [-0.2, -0.15) is 0 Å². The van der Waals surface area contributed by atoms with Gasteiger partial charge in [-0.25, -0.2) is 0 Å². The number of hydrogen-bond donors (Lipinski definition) is 1. The van der Waals surface area contributed by atoms with Crippen LogP contribution in [-0.2, 0) is 29.6 Å². The molecule has 3 aliphatic rings. The Morgan fingerprint density at radius 2 is 1.74 bits per heavy atom. The van der Waals surface area contributed by atoms with Crippen LogP contribution in [0.25, 0.3) is 0 Å². The molecular formula is C35H43NO3. The maximum atomic E-state index is 11.7. The lowest BCUT2D eigenvalue weighted by molar-refractivity contribution is -0.106. The third-order valence-electron chi connectivity index (χ3n) is 9.76. The zero-order chi connectivity index (χ0) is 26.5. The number of hydrogen-bond acceptors (Lipinski definition) is 4. The van der Waals surface area contributed by atoms with Crippen molar-refractivity contribution in [3.8, 4) is 5.75 Å². The number of rotatable bonds is 9. The topological polar surface area (TPSA) is 51.6 Å². The predicted molar refractivity (Wildman–Crippen MR) is 155 cm³/mol. The minimum atomic E-state index is -0.718. The Balaban J connectivity index is 1.20. The number of aromatic nitrogens is 1. The molecule has 0 unspecified atom stereocenters. The van der Waals surface area contributed by atoms with Gasteiger partial charge in [-0.1, -0.05) is 61.7 Å². The molecule has 3 atom stereocenters. The van der Waals surface area contributed by atoms with E-state index >= 15 is 0 Å².